The highest BCUT2D eigenvalue weighted by atomic mass is 35.5. The summed E-state index contributed by atoms with van der Waals surface area (Å²) < 4.78 is 1.55. The number of amides is 1. The molecule has 0 saturated carbocycles. The highest BCUT2D eigenvalue weighted by Gasteiger charge is 2.14. The van der Waals surface area contributed by atoms with Crippen LogP contribution in [-0.2, 0) is 7.05 Å². The zero-order valence-corrected chi connectivity index (χ0v) is 18.8. The molecule has 3 heterocycles. The molecule has 5 rings (SSSR count). The minimum atomic E-state index is -0.305. The quantitative estimate of drug-likeness (QED) is 0.319. The molecule has 12 heteroatoms. The van der Waals surface area contributed by atoms with Crippen molar-refractivity contribution in [3.05, 3.63) is 64.5 Å². The van der Waals surface area contributed by atoms with Crippen LogP contribution in [0.15, 0.2) is 48.9 Å². The molecule has 0 saturated heterocycles. The predicted octanol–water partition coefficient (Wildman–Crippen LogP) is 5.12. The van der Waals surface area contributed by atoms with Crippen LogP contribution < -0.4 is 10.6 Å². The zero-order valence-electron chi connectivity index (χ0n) is 16.4. The van der Waals surface area contributed by atoms with E-state index in [2.05, 4.69) is 36.1 Å². The number of nitrogens with one attached hydrogen (secondary N) is 3. The number of aromatic amines is 1. The van der Waals surface area contributed by atoms with Crippen molar-refractivity contribution in [2.45, 2.75) is 0 Å². The van der Waals surface area contributed by atoms with Crippen molar-refractivity contribution >= 4 is 67.9 Å². The summed E-state index contributed by atoms with van der Waals surface area (Å²) in [6, 6.07) is 9.00. The molecule has 0 bridgehead atoms. The Balaban J connectivity index is 1.38. The van der Waals surface area contributed by atoms with Crippen molar-refractivity contribution in [2.24, 2.45) is 7.05 Å². The summed E-state index contributed by atoms with van der Waals surface area (Å²) in [7, 11) is 1.74. The molecule has 0 fully saturated rings. The number of nitrogens with zero attached hydrogens (tertiary/aromatic N) is 5. The third-order valence-corrected chi connectivity index (χ3v) is 6.28. The Morgan fingerprint density at radius 3 is 2.81 bits per heavy atom. The van der Waals surface area contributed by atoms with Gasteiger partial charge in [0.25, 0.3) is 5.91 Å². The van der Waals surface area contributed by atoms with Crippen LogP contribution >= 0.6 is 34.5 Å². The van der Waals surface area contributed by atoms with E-state index in [1.165, 1.54) is 17.5 Å². The number of fused-ring (bicyclic) bond motifs is 1. The molecule has 3 N–H and O–H groups in total. The number of rotatable bonds is 5. The molecule has 160 valence electrons. The summed E-state index contributed by atoms with van der Waals surface area (Å²) >= 11 is 14.1. The second-order valence-electron chi connectivity index (χ2n) is 6.85. The van der Waals surface area contributed by atoms with Gasteiger partial charge in [0.15, 0.2) is 0 Å². The van der Waals surface area contributed by atoms with Gasteiger partial charge in [-0.05, 0) is 24.3 Å². The van der Waals surface area contributed by atoms with Crippen molar-refractivity contribution in [2.75, 3.05) is 10.6 Å². The first-order chi connectivity index (χ1) is 15.5. The molecule has 0 aliphatic heterocycles. The molecule has 0 aliphatic rings. The number of carbonyl (C=O) groups is 1. The SMILES string of the molecule is Cn1cc(C(=O)Nc2cc(-c3nnc(Nc4ccc5[nH]ncc5c4Cl)s3)ccc2Cl)cn1. The topological polar surface area (TPSA) is 113 Å². The molecule has 2 aromatic carbocycles. The van der Waals surface area contributed by atoms with Crippen LogP contribution in [0.1, 0.15) is 10.4 Å². The lowest BCUT2D eigenvalue weighted by molar-refractivity contribution is 0.102. The van der Waals surface area contributed by atoms with Crippen LogP contribution in [0.3, 0.4) is 0 Å². The summed E-state index contributed by atoms with van der Waals surface area (Å²) in [6.07, 6.45) is 4.78. The molecule has 5 aromatic rings. The van der Waals surface area contributed by atoms with Crippen molar-refractivity contribution < 1.29 is 4.79 Å². The Labute approximate surface area is 195 Å². The summed E-state index contributed by atoms with van der Waals surface area (Å²) in [6.45, 7) is 0. The van der Waals surface area contributed by atoms with Crippen LogP contribution in [0, 0.1) is 0 Å². The Kier molecular flexibility index (Phi) is 5.25. The Morgan fingerprint density at radius 2 is 2.00 bits per heavy atom. The number of halogens is 2. The van der Waals surface area contributed by atoms with Gasteiger partial charge in [-0.3, -0.25) is 14.6 Å². The second kappa shape index (κ2) is 8.23. The van der Waals surface area contributed by atoms with Gasteiger partial charge in [0.1, 0.15) is 5.01 Å². The van der Waals surface area contributed by atoms with Gasteiger partial charge < -0.3 is 10.6 Å². The van der Waals surface area contributed by atoms with Gasteiger partial charge in [0, 0.05) is 24.2 Å². The van der Waals surface area contributed by atoms with Crippen molar-refractivity contribution in [1.29, 1.82) is 0 Å². The molecule has 3 aromatic heterocycles. The molecule has 0 aliphatic carbocycles. The maximum absolute atomic E-state index is 12.5. The first kappa shape index (κ1) is 20.4. The summed E-state index contributed by atoms with van der Waals surface area (Å²) in [5, 5.41) is 28.3. The first-order valence-corrected chi connectivity index (χ1v) is 10.9. The standard InChI is InChI=1S/C20H14Cl2N8OS/c1-30-9-11(7-24-30)18(31)25-16-6-10(2-3-13(16)21)19-28-29-20(32-19)26-15-5-4-14-12(17(15)22)8-23-27-14/h2-9H,1H3,(H,23,27)(H,25,31)(H,26,29). The van der Waals surface area contributed by atoms with Gasteiger partial charge in [-0.15, -0.1) is 10.2 Å². The third-order valence-electron chi connectivity index (χ3n) is 4.65. The Morgan fingerprint density at radius 1 is 1.12 bits per heavy atom. The summed E-state index contributed by atoms with van der Waals surface area (Å²) in [5.41, 5.74) is 3.21. The molecule has 0 radical (unpaired) electrons. The summed E-state index contributed by atoms with van der Waals surface area (Å²) in [5.74, 6) is -0.305. The van der Waals surface area contributed by atoms with Gasteiger partial charge >= 0.3 is 0 Å². The predicted molar refractivity (Wildman–Crippen MR) is 126 cm³/mol. The van der Waals surface area contributed by atoms with Crippen LogP contribution in [0.2, 0.25) is 10.0 Å². The van der Waals surface area contributed by atoms with Crippen LogP contribution in [0.25, 0.3) is 21.5 Å². The van der Waals surface area contributed by atoms with Gasteiger partial charge in [-0.25, -0.2) is 0 Å². The van der Waals surface area contributed by atoms with Gasteiger partial charge in [-0.2, -0.15) is 10.2 Å². The largest absolute Gasteiger partial charge is 0.329 e. The minimum absolute atomic E-state index is 0.305. The van der Waals surface area contributed by atoms with Gasteiger partial charge in [-0.1, -0.05) is 40.6 Å². The summed E-state index contributed by atoms with van der Waals surface area (Å²) in [4.78, 5) is 12.5. The fraction of sp³-hybridized carbons (Fsp3) is 0.0500. The lowest BCUT2D eigenvalue weighted by Crippen LogP contribution is -2.11. The second-order valence-corrected chi connectivity index (χ2v) is 8.61. The molecule has 0 unspecified atom stereocenters. The van der Waals surface area contributed by atoms with Crippen LogP contribution in [0.4, 0.5) is 16.5 Å². The van der Waals surface area contributed by atoms with Gasteiger partial charge in [0.05, 0.1) is 44.9 Å². The highest BCUT2D eigenvalue weighted by molar-refractivity contribution is 7.18. The van der Waals surface area contributed by atoms with E-state index < -0.39 is 0 Å². The van der Waals surface area contributed by atoms with Crippen LogP contribution in [-0.4, -0.2) is 36.1 Å². The van der Waals surface area contributed by atoms with E-state index in [0.29, 0.717) is 37.1 Å². The van der Waals surface area contributed by atoms with E-state index in [-0.39, 0.29) is 5.91 Å². The van der Waals surface area contributed by atoms with E-state index in [1.807, 2.05) is 18.2 Å². The minimum Gasteiger partial charge on any atom is -0.329 e. The fourth-order valence-electron chi connectivity index (χ4n) is 3.07. The van der Waals surface area contributed by atoms with Crippen molar-refractivity contribution in [1.82, 2.24) is 30.2 Å². The van der Waals surface area contributed by atoms with Gasteiger partial charge in [0.2, 0.25) is 5.13 Å². The maximum Gasteiger partial charge on any atom is 0.258 e. The highest BCUT2D eigenvalue weighted by Crippen LogP contribution is 2.36. The molecule has 0 atom stereocenters. The Bertz CT molecular complexity index is 1460. The molecule has 0 spiro atoms. The average molecular weight is 485 g/mol. The number of aryl methyl sites for hydroxylation is 1. The maximum atomic E-state index is 12.5. The third kappa shape index (κ3) is 3.91. The van der Waals surface area contributed by atoms with Crippen molar-refractivity contribution in [3.8, 4) is 10.6 Å². The first-order valence-electron chi connectivity index (χ1n) is 9.30. The number of anilines is 3. The number of benzene rings is 2. The van der Waals surface area contributed by atoms with E-state index in [9.17, 15) is 4.79 Å². The smallest absolute Gasteiger partial charge is 0.258 e. The van der Waals surface area contributed by atoms with E-state index >= 15 is 0 Å². The van der Waals surface area contributed by atoms with Crippen LogP contribution in [0.5, 0.6) is 0 Å². The van der Waals surface area contributed by atoms with Crippen molar-refractivity contribution in [3.63, 3.8) is 0 Å². The number of hydrogen-bond acceptors (Lipinski definition) is 7. The number of hydrogen-bond donors (Lipinski definition) is 3. The average Bonchev–Trinajstić information content (AvgIpc) is 3.53. The lowest BCUT2D eigenvalue weighted by atomic mass is 10.2. The molecule has 1 amide bonds. The number of aromatic nitrogens is 6. The van der Waals surface area contributed by atoms with E-state index in [0.717, 1.165) is 16.5 Å². The van der Waals surface area contributed by atoms with E-state index in [1.54, 1.807) is 36.3 Å². The zero-order chi connectivity index (χ0) is 22.2. The molecule has 9 nitrogen and oxygen atoms in total. The molecular weight excluding hydrogens is 471 g/mol. The normalized spacial score (nSPS) is 11.1. The molecular formula is C20H14Cl2N8OS. The number of H-pyrrole nitrogens is 1. The fourth-order valence-corrected chi connectivity index (χ4v) is 4.25. The molecule has 32 heavy (non-hydrogen) atoms. The van der Waals surface area contributed by atoms with E-state index in [4.69, 9.17) is 23.2 Å². The Hall–Kier alpha value is -3.47. The monoisotopic (exact) mass is 484 g/mol. The lowest BCUT2D eigenvalue weighted by Gasteiger charge is -2.07. The number of carbonyl (C=O) groups excluding carboxylic acids is 1.